The zero-order chi connectivity index (χ0) is 38.2. The van der Waals surface area contributed by atoms with Crippen molar-refractivity contribution in [2.24, 2.45) is 0 Å². The molecule has 10 rings (SSSR count). The summed E-state index contributed by atoms with van der Waals surface area (Å²) in [5.41, 5.74) is 6.03. The second kappa shape index (κ2) is 14.9. The first kappa shape index (κ1) is 34.9. The van der Waals surface area contributed by atoms with Crippen molar-refractivity contribution in [2.45, 2.75) is 6.61 Å². The lowest BCUT2D eigenvalue weighted by Gasteiger charge is -2.45. The Morgan fingerprint density at radius 1 is 0.421 bits per heavy atom. The molecule has 0 amide bonds. The maximum atomic E-state index is 13.2. The Bertz CT molecular complexity index is 2960. The van der Waals surface area contributed by atoms with Crippen molar-refractivity contribution in [3.05, 3.63) is 210 Å². The van der Waals surface area contributed by atoms with E-state index in [2.05, 4.69) is 152 Å². The number of benzene rings is 9. The van der Waals surface area contributed by atoms with E-state index in [0.29, 0.717) is 19.8 Å². The van der Waals surface area contributed by atoms with Crippen LogP contribution >= 0.6 is 11.3 Å². The zero-order valence-corrected chi connectivity index (χ0v) is 32.1. The van der Waals surface area contributed by atoms with E-state index < -0.39 is 6.15 Å². The fourth-order valence-corrected chi connectivity index (χ4v) is 9.84. The van der Waals surface area contributed by atoms with Crippen molar-refractivity contribution in [3.8, 4) is 5.75 Å². The molecule has 0 aliphatic heterocycles. The molecule has 10 aromatic rings. The molecule has 0 unspecified atom stereocenters. The molecule has 3 nitrogen and oxygen atoms in total. The molecular weight excluding hydrogens is 715 g/mol. The van der Waals surface area contributed by atoms with E-state index in [0.717, 1.165) is 31.5 Å². The predicted octanol–water partition coefficient (Wildman–Crippen LogP) is 9.85. The molecule has 9 aromatic carbocycles. The summed E-state index contributed by atoms with van der Waals surface area (Å²) >= 11 is 1.64. The van der Waals surface area contributed by atoms with Crippen LogP contribution in [0.2, 0.25) is 0 Å². The third-order valence-corrected chi connectivity index (χ3v) is 12.8. The Morgan fingerprint density at radius 3 is 1.49 bits per heavy atom. The van der Waals surface area contributed by atoms with Crippen molar-refractivity contribution >= 4 is 91.8 Å². The van der Waals surface area contributed by atoms with Crippen LogP contribution in [0.1, 0.15) is 5.56 Å². The summed E-state index contributed by atoms with van der Waals surface area (Å²) in [5.74, 6) is 0.789. The quantitative estimate of drug-likeness (QED) is 0.0793. The van der Waals surface area contributed by atoms with Gasteiger partial charge in [-0.25, -0.2) is 0 Å². The third-order valence-electron chi connectivity index (χ3n) is 11.6. The van der Waals surface area contributed by atoms with Gasteiger partial charge in [-0.3, -0.25) is 4.79 Å². The van der Waals surface area contributed by atoms with E-state index in [1.165, 1.54) is 54.2 Å². The van der Waals surface area contributed by atoms with Gasteiger partial charge in [0, 0.05) is 20.2 Å². The minimum Gasteiger partial charge on any atom is -0.491 e. The normalized spacial score (nSPS) is 11.9. The second-order valence-electron chi connectivity index (χ2n) is 14.9. The van der Waals surface area contributed by atoms with Gasteiger partial charge in [0.25, 0.3) is 0 Å². The van der Waals surface area contributed by atoms with Gasteiger partial charge in [-0.2, -0.15) is 21.9 Å². The van der Waals surface area contributed by atoms with Crippen LogP contribution in [0.15, 0.2) is 199 Å². The molecule has 0 radical (unpaired) electrons. The standard InChI is InChI=1S/C52H38BO3S/c54-52-48-15-7-8-16-50(48)57-51-28-17-36(31-49(51)52)35-55-29-30-56-47-26-24-43(25-27-47)53(44-21-18-37-9-1-4-12-40(37)32-44,45-22-19-38-10-2-5-13-41(38)33-45)46-23-20-39-11-3-6-14-42(39)34-46/h1-28,31-34H,29-30,35H2/q-1. The summed E-state index contributed by atoms with van der Waals surface area (Å²) in [5, 5.41) is 8.82. The Labute approximate surface area is 335 Å². The van der Waals surface area contributed by atoms with Crippen LogP contribution in [0.4, 0.5) is 0 Å². The summed E-state index contributed by atoms with van der Waals surface area (Å²) in [6, 6.07) is 69.3. The highest BCUT2D eigenvalue weighted by atomic mass is 32.1. The lowest BCUT2D eigenvalue weighted by Crippen LogP contribution is -2.74. The SMILES string of the molecule is O=c1c2ccccc2sc2ccc(COCCOc3ccc([B-](c4ccc5ccccc5c4)(c4ccc5ccccc5c4)c4ccc5ccccc5c4)cc3)cc12. The van der Waals surface area contributed by atoms with E-state index in [1.807, 2.05) is 42.5 Å². The van der Waals surface area contributed by atoms with Crippen molar-refractivity contribution in [1.29, 1.82) is 0 Å². The number of hydrogen-bond acceptors (Lipinski definition) is 4. The number of ether oxygens (including phenoxy) is 2. The van der Waals surface area contributed by atoms with Crippen molar-refractivity contribution in [3.63, 3.8) is 0 Å². The fraction of sp³-hybridized carbons (Fsp3) is 0.0577. The van der Waals surface area contributed by atoms with Gasteiger partial charge < -0.3 is 9.47 Å². The molecule has 0 fully saturated rings. The molecule has 0 bridgehead atoms. The predicted molar refractivity (Wildman–Crippen MR) is 243 cm³/mol. The molecule has 5 heteroatoms. The highest BCUT2D eigenvalue weighted by Gasteiger charge is 2.32. The van der Waals surface area contributed by atoms with Gasteiger partial charge in [0.05, 0.1) is 13.2 Å². The van der Waals surface area contributed by atoms with Crippen LogP contribution in [0.25, 0.3) is 52.5 Å². The Morgan fingerprint density at radius 2 is 0.912 bits per heavy atom. The Kier molecular flexibility index (Phi) is 9.10. The van der Waals surface area contributed by atoms with Gasteiger partial charge >= 0.3 is 0 Å². The van der Waals surface area contributed by atoms with Crippen molar-refractivity contribution in [1.82, 2.24) is 0 Å². The molecule has 0 aliphatic carbocycles. The molecule has 274 valence electrons. The number of rotatable bonds is 10. The fourth-order valence-electron chi connectivity index (χ4n) is 8.79. The largest absolute Gasteiger partial charge is 0.491 e. The van der Waals surface area contributed by atoms with Crippen LogP contribution in [0.3, 0.4) is 0 Å². The second-order valence-corrected chi connectivity index (χ2v) is 16.0. The summed E-state index contributed by atoms with van der Waals surface area (Å²) < 4.78 is 14.3. The molecule has 0 saturated carbocycles. The smallest absolute Gasteiger partial charge is 0.195 e. The lowest BCUT2D eigenvalue weighted by atomic mass is 9.13. The van der Waals surface area contributed by atoms with Crippen LogP contribution < -0.4 is 32.0 Å². The maximum absolute atomic E-state index is 13.2. The van der Waals surface area contributed by atoms with Crippen molar-refractivity contribution in [2.75, 3.05) is 13.2 Å². The van der Waals surface area contributed by atoms with E-state index in [9.17, 15) is 4.79 Å². The van der Waals surface area contributed by atoms with Gasteiger partial charge in [-0.05, 0) is 74.3 Å². The summed E-state index contributed by atoms with van der Waals surface area (Å²) in [6.07, 6.45) is -1.66. The van der Waals surface area contributed by atoms with E-state index in [4.69, 9.17) is 9.47 Å². The van der Waals surface area contributed by atoms with Gasteiger partial charge in [-0.15, -0.1) is 11.3 Å². The van der Waals surface area contributed by atoms with Crippen LogP contribution in [-0.2, 0) is 11.3 Å². The minimum atomic E-state index is -1.66. The maximum Gasteiger partial charge on any atom is 0.195 e. The minimum absolute atomic E-state index is 0.0697. The molecule has 0 aliphatic rings. The first-order chi connectivity index (χ1) is 28.1. The first-order valence-corrected chi connectivity index (χ1v) is 20.3. The van der Waals surface area contributed by atoms with E-state index in [-0.39, 0.29) is 5.43 Å². The van der Waals surface area contributed by atoms with Crippen LogP contribution in [-0.4, -0.2) is 19.4 Å². The van der Waals surface area contributed by atoms with E-state index in [1.54, 1.807) is 11.3 Å². The molecule has 1 heterocycles. The van der Waals surface area contributed by atoms with Crippen LogP contribution in [0.5, 0.6) is 5.75 Å². The molecule has 1 aromatic heterocycles. The molecule has 57 heavy (non-hydrogen) atoms. The highest BCUT2D eigenvalue weighted by Crippen LogP contribution is 2.26. The van der Waals surface area contributed by atoms with Gasteiger partial charge in [-0.1, -0.05) is 158 Å². The Balaban J connectivity index is 0.976. The average Bonchev–Trinajstić information content (AvgIpc) is 3.27. The van der Waals surface area contributed by atoms with Gasteiger partial charge in [0.1, 0.15) is 18.5 Å². The number of fused-ring (bicyclic) bond motifs is 5. The number of hydrogen-bond donors (Lipinski definition) is 0. The zero-order valence-electron chi connectivity index (χ0n) is 31.3. The monoisotopic (exact) mass is 753 g/mol. The van der Waals surface area contributed by atoms with Crippen LogP contribution in [0, 0.1) is 0 Å². The summed E-state index contributed by atoms with van der Waals surface area (Å²) in [7, 11) is 0. The molecule has 0 N–H and O–H groups in total. The topological polar surface area (TPSA) is 35.5 Å². The first-order valence-electron chi connectivity index (χ1n) is 19.5. The average molecular weight is 754 g/mol. The van der Waals surface area contributed by atoms with Gasteiger partial charge in [0.15, 0.2) is 5.43 Å². The molecule has 0 saturated heterocycles. The molecule has 0 spiro atoms. The summed E-state index contributed by atoms with van der Waals surface area (Å²) in [4.78, 5) is 13.2. The third kappa shape index (κ3) is 6.45. The highest BCUT2D eigenvalue weighted by molar-refractivity contribution is 7.24. The molecule has 0 atom stereocenters. The van der Waals surface area contributed by atoms with Gasteiger partial charge in [0.2, 0.25) is 0 Å². The Hall–Kier alpha value is -6.53. The van der Waals surface area contributed by atoms with E-state index >= 15 is 0 Å². The summed E-state index contributed by atoms with van der Waals surface area (Å²) in [6.45, 7) is 1.23. The van der Waals surface area contributed by atoms with Crippen molar-refractivity contribution < 1.29 is 9.47 Å². The lowest BCUT2D eigenvalue weighted by molar-refractivity contribution is 0.0890. The molecular formula is C52H38BO3S-.